The maximum atomic E-state index is 5.88. The zero-order chi connectivity index (χ0) is 16.8. The van der Waals surface area contributed by atoms with Crippen LogP contribution in [0.2, 0.25) is 0 Å². The predicted octanol–water partition coefficient (Wildman–Crippen LogP) is 6.10. The monoisotopic (exact) mass is 302 g/mol. The van der Waals surface area contributed by atoms with Gasteiger partial charge in [0.05, 0.1) is 12.2 Å². The molecule has 0 aliphatic carbocycles. The lowest BCUT2D eigenvalue weighted by molar-refractivity contribution is 0.0724. The van der Waals surface area contributed by atoms with Gasteiger partial charge in [-0.15, -0.1) is 0 Å². The molecular weight excluding hydrogens is 268 g/mol. The molecule has 1 heteroatoms. The third-order valence-corrected chi connectivity index (χ3v) is 4.72. The van der Waals surface area contributed by atoms with Crippen molar-refractivity contribution >= 4 is 0 Å². The van der Waals surface area contributed by atoms with Gasteiger partial charge >= 0.3 is 0 Å². The van der Waals surface area contributed by atoms with Gasteiger partial charge in [-0.25, -0.2) is 0 Å². The summed E-state index contributed by atoms with van der Waals surface area (Å²) in [5, 5.41) is 0. The van der Waals surface area contributed by atoms with Crippen molar-refractivity contribution in [3.63, 3.8) is 0 Å². The van der Waals surface area contributed by atoms with Gasteiger partial charge in [0.2, 0.25) is 0 Å². The smallest absolute Gasteiger partial charge is 0.0766 e. The molecule has 22 heavy (non-hydrogen) atoms. The summed E-state index contributed by atoms with van der Waals surface area (Å²) in [6, 6.07) is 0. The number of hydrogen-bond donors (Lipinski definition) is 0. The van der Waals surface area contributed by atoms with E-state index in [2.05, 4.69) is 91.0 Å². The lowest BCUT2D eigenvalue weighted by Crippen LogP contribution is -2.14. The Bertz CT molecular complexity index is 435. The van der Waals surface area contributed by atoms with Crippen LogP contribution in [0.5, 0.6) is 0 Å². The van der Waals surface area contributed by atoms with E-state index in [1.165, 1.54) is 5.57 Å². The average molecular weight is 303 g/mol. The molecule has 1 rings (SSSR count). The van der Waals surface area contributed by atoms with E-state index in [4.69, 9.17) is 4.74 Å². The van der Waals surface area contributed by atoms with E-state index < -0.39 is 0 Å². The van der Waals surface area contributed by atoms with Crippen molar-refractivity contribution in [3.8, 4) is 0 Å². The Kier molecular flexibility index (Phi) is 7.35. The molecule has 1 heterocycles. The summed E-state index contributed by atoms with van der Waals surface area (Å²) >= 11 is 0. The second kappa shape index (κ2) is 8.53. The fourth-order valence-electron chi connectivity index (χ4n) is 2.25. The largest absolute Gasteiger partial charge is 0.371 e. The first kappa shape index (κ1) is 19.0. The SMILES string of the molecule is CC(/C=C/[C@@H]1CC(C)C(C)O1)=C\C=C\C=C\[C@@H](C)C(C)(C)C. The molecule has 1 aliphatic heterocycles. The quantitative estimate of drug-likeness (QED) is 0.558. The summed E-state index contributed by atoms with van der Waals surface area (Å²) in [4.78, 5) is 0. The second-order valence-corrected chi connectivity index (χ2v) is 7.79. The first-order valence-corrected chi connectivity index (χ1v) is 8.55. The Hall–Kier alpha value is -1.08. The van der Waals surface area contributed by atoms with Gasteiger partial charge in [0, 0.05) is 0 Å². The van der Waals surface area contributed by atoms with Crippen molar-refractivity contribution in [2.24, 2.45) is 17.3 Å². The van der Waals surface area contributed by atoms with Crippen molar-refractivity contribution in [3.05, 3.63) is 48.1 Å². The molecule has 4 atom stereocenters. The van der Waals surface area contributed by atoms with E-state index in [0.717, 1.165) is 6.42 Å². The molecule has 1 nitrogen and oxygen atoms in total. The first-order chi connectivity index (χ1) is 10.2. The Morgan fingerprint density at radius 2 is 1.82 bits per heavy atom. The molecule has 1 aliphatic rings. The van der Waals surface area contributed by atoms with Crippen LogP contribution in [0, 0.1) is 17.3 Å². The van der Waals surface area contributed by atoms with Crippen LogP contribution >= 0.6 is 0 Å². The third-order valence-electron chi connectivity index (χ3n) is 4.72. The van der Waals surface area contributed by atoms with E-state index >= 15 is 0 Å². The van der Waals surface area contributed by atoms with E-state index in [1.54, 1.807) is 0 Å². The summed E-state index contributed by atoms with van der Waals surface area (Å²) < 4.78 is 5.88. The second-order valence-electron chi connectivity index (χ2n) is 7.79. The van der Waals surface area contributed by atoms with Crippen LogP contribution in [0.4, 0.5) is 0 Å². The molecule has 0 bridgehead atoms. The molecule has 0 aromatic carbocycles. The average Bonchev–Trinajstić information content (AvgIpc) is 2.74. The standard InChI is InChI=1S/C21H34O/c1-16(13-14-20-15-17(2)19(4)22-20)11-9-8-10-12-18(3)21(5,6)7/h8-14,17-20H,15H2,1-7H3/b9-8+,12-10+,14-13+,16-11+/t17?,18-,19?,20-/m1/s1. The minimum atomic E-state index is 0.282. The molecule has 124 valence electrons. The normalized spacial score (nSPS) is 29.2. The highest BCUT2D eigenvalue weighted by Crippen LogP contribution is 2.27. The van der Waals surface area contributed by atoms with Gasteiger partial charge in [-0.3, -0.25) is 0 Å². The Morgan fingerprint density at radius 1 is 1.14 bits per heavy atom. The summed E-state index contributed by atoms with van der Waals surface area (Å²) in [6.45, 7) is 15.6. The fraction of sp³-hybridized carbons (Fsp3) is 0.619. The minimum absolute atomic E-state index is 0.282. The van der Waals surface area contributed by atoms with Gasteiger partial charge < -0.3 is 4.74 Å². The van der Waals surface area contributed by atoms with E-state index in [9.17, 15) is 0 Å². The van der Waals surface area contributed by atoms with Crippen molar-refractivity contribution in [1.29, 1.82) is 0 Å². The molecule has 1 fully saturated rings. The highest BCUT2D eigenvalue weighted by atomic mass is 16.5. The van der Waals surface area contributed by atoms with Crippen molar-refractivity contribution in [2.45, 2.75) is 67.1 Å². The molecular formula is C21H34O. The van der Waals surface area contributed by atoms with E-state index in [0.29, 0.717) is 23.4 Å². The topological polar surface area (TPSA) is 9.23 Å². The summed E-state index contributed by atoms with van der Waals surface area (Å²) in [6.07, 6.45) is 16.9. The number of rotatable bonds is 5. The van der Waals surface area contributed by atoms with Crippen molar-refractivity contribution < 1.29 is 4.74 Å². The molecule has 0 saturated carbocycles. The van der Waals surface area contributed by atoms with Crippen LogP contribution in [0.25, 0.3) is 0 Å². The van der Waals surface area contributed by atoms with Crippen LogP contribution in [0.1, 0.15) is 54.9 Å². The summed E-state index contributed by atoms with van der Waals surface area (Å²) in [5.74, 6) is 1.24. The van der Waals surface area contributed by atoms with E-state index in [-0.39, 0.29) is 6.10 Å². The lowest BCUT2D eigenvalue weighted by Gasteiger charge is -2.23. The predicted molar refractivity (Wildman–Crippen MR) is 97.9 cm³/mol. The molecule has 1 saturated heterocycles. The Balaban J connectivity index is 2.43. The van der Waals surface area contributed by atoms with Crippen LogP contribution < -0.4 is 0 Å². The van der Waals surface area contributed by atoms with Gasteiger partial charge in [0.1, 0.15) is 0 Å². The third kappa shape index (κ3) is 6.79. The maximum absolute atomic E-state index is 5.88. The highest BCUT2D eigenvalue weighted by molar-refractivity contribution is 5.24. The lowest BCUT2D eigenvalue weighted by atomic mass is 9.82. The van der Waals surface area contributed by atoms with Gasteiger partial charge in [0.25, 0.3) is 0 Å². The fourth-order valence-corrected chi connectivity index (χ4v) is 2.25. The van der Waals surface area contributed by atoms with Crippen molar-refractivity contribution in [2.75, 3.05) is 0 Å². The highest BCUT2D eigenvalue weighted by Gasteiger charge is 2.26. The van der Waals surface area contributed by atoms with Crippen LogP contribution in [0.15, 0.2) is 48.1 Å². The van der Waals surface area contributed by atoms with E-state index in [1.807, 2.05) is 0 Å². The zero-order valence-corrected chi connectivity index (χ0v) is 15.5. The van der Waals surface area contributed by atoms with Gasteiger partial charge in [-0.2, -0.15) is 0 Å². The summed E-state index contributed by atoms with van der Waals surface area (Å²) in [7, 11) is 0. The van der Waals surface area contributed by atoms with Gasteiger partial charge in [-0.1, -0.05) is 82.7 Å². The zero-order valence-electron chi connectivity index (χ0n) is 15.5. The number of allylic oxidation sites excluding steroid dienone is 7. The maximum Gasteiger partial charge on any atom is 0.0766 e. The molecule has 0 N–H and O–H groups in total. The number of ether oxygens (including phenoxy) is 1. The Morgan fingerprint density at radius 3 is 2.36 bits per heavy atom. The van der Waals surface area contributed by atoms with Crippen LogP contribution in [-0.4, -0.2) is 12.2 Å². The van der Waals surface area contributed by atoms with Crippen molar-refractivity contribution in [1.82, 2.24) is 0 Å². The minimum Gasteiger partial charge on any atom is -0.371 e. The molecule has 2 unspecified atom stereocenters. The van der Waals surface area contributed by atoms with Crippen LogP contribution in [0.3, 0.4) is 0 Å². The van der Waals surface area contributed by atoms with Gasteiger partial charge in [-0.05, 0) is 37.5 Å². The number of hydrogen-bond acceptors (Lipinski definition) is 1. The molecule has 0 aromatic heterocycles. The molecule has 0 aromatic rings. The molecule has 0 spiro atoms. The first-order valence-electron chi connectivity index (χ1n) is 8.55. The summed E-state index contributed by atoms with van der Waals surface area (Å²) in [5.41, 5.74) is 1.58. The molecule has 0 amide bonds. The van der Waals surface area contributed by atoms with Crippen LogP contribution in [-0.2, 0) is 4.74 Å². The molecule has 0 radical (unpaired) electrons. The Labute approximate surface area is 137 Å². The van der Waals surface area contributed by atoms with Gasteiger partial charge in [0.15, 0.2) is 0 Å².